The Balaban J connectivity index is 2.60. The number of benzene rings is 1. The summed E-state index contributed by atoms with van der Waals surface area (Å²) >= 11 is 3.51. The molecule has 1 aromatic rings. The van der Waals surface area contributed by atoms with Crippen LogP contribution in [0.15, 0.2) is 22.7 Å². The highest BCUT2D eigenvalue weighted by atomic mass is 79.9. The molecule has 0 aliphatic heterocycles. The molecule has 0 saturated heterocycles. The van der Waals surface area contributed by atoms with Gasteiger partial charge in [-0.05, 0) is 40.5 Å². The molecule has 102 valence electrons. The van der Waals surface area contributed by atoms with Crippen LogP contribution in [0.4, 0.5) is 5.69 Å². The third-order valence-corrected chi connectivity index (χ3v) is 3.31. The molecule has 0 aliphatic carbocycles. The second-order valence-electron chi connectivity index (χ2n) is 4.14. The normalized spacial score (nSPS) is 12.5. The van der Waals surface area contributed by atoms with Gasteiger partial charge in [-0.3, -0.25) is 0 Å². The molecule has 2 N–H and O–H groups in total. The number of aliphatic hydroxyl groups excluding tert-OH is 2. The van der Waals surface area contributed by atoms with E-state index in [-0.39, 0.29) is 6.61 Å². The van der Waals surface area contributed by atoms with Crippen molar-refractivity contribution in [3.05, 3.63) is 28.2 Å². The Labute approximate surface area is 116 Å². The molecular weight excluding hydrogens is 298 g/mol. The van der Waals surface area contributed by atoms with E-state index in [0.29, 0.717) is 13.2 Å². The van der Waals surface area contributed by atoms with Crippen LogP contribution in [0.25, 0.3) is 0 Å². The Morgan fingerprint density at radius 2 is 2.11 bits per heavy atom. The van der Waals surface area contributed by atoms with E-state index in [1.54, 1.807) is 6.92 Å². The van der Waals surface area contributed by atoms with E-state index < -0.39 is 6.10 Å². The Kier molecular flexibility index (Phi) is 6.63. The summed E-state index contributed by atoms with van der Waals surface area (Å²) in [6.07, 6.45) is -0.464. The minimum atomic E-state index is -0.464. The fraction of sp³-hybridized carbons (Fsp3) is 0.538. The minimum absolute atomic E-state index is 0.0521. The average molecular weight is 318 g/mol. The molecule has 4 nitrogen and oxygen atoms in total. The second-order valence-corrected chi connectivity index (χ2v) is 5.00. The topological polar surface area (TPSA) is 52.9 Å². The van der Waals surface area contributed by atoms with Gasteiger partial charge >= 0.3 is 0 Å². The first kappa shape index (κ1) is 15.4. The lowest BCUT2D eigenvalue weighted by molar-refractivity contribution is 0.0971. The number of rotatable bonds is 7. The molecule has 1 atom stereocenters. The van der Waals surface area contributed by atoms with Gasteiger partial charge in [0.25, 0.3) is 0 Å². The highest BCUT2D eigenvalue weighted by molar-refractivity contribution is 9.10. The minimum Gasteiger partial charge on any atom is -0.394 e. The highest BCUT2D eigenvalue weighted by Crippen LogP contribution is 2.28. The molecule has 0 amide bonds. The maximum Gasteiger partial charge on any atom is 0.0762 e. The number of halogens is 1. The van der Waals surface area contributed by atoms with Gasteiger partial charge in [0.2, 0.25) is 0 Å². The smallest absolute Gasteiger partial charge is 0.0762 e. The summed E-state index contributed by atoms with van der Waals surface area (Å²) in [5, 5.41) is 18.1. The number of ether oxygens (including phenoxy) is 1. The molecule has 0 aromatic heterocycles. The Hall–Kier alpha value is -0.620. The lowest BCUT2D eigenvalue weighted by Crippen LogP contribution is -2.23. The summed E-state index contributed by atoms with van der Waals surface area (Å²) in [7, 11) is 1.98. The molecule has 1 rings (SSSR count). The Morgan fingerprint density at radius 1 is 1.39 bits per heavy atom. The Morgan fingerprint density at radius 3 is 2.67 bits per heavy atom. The molecular formula is C13H20BrNO3. The summed E-state index contributed by atoms with van der Waals surface area (Å²) < 4.78 is 6.18. The molecule has 0 bridgehead atoms. The summed E-state index contributed by atoms with van der Waals surface area (Å²) in [4.78, 5) is 2.06. The molecule has 5 heteroatoms. The maximum atomic E-state index is 9.50. The van der Waals surface area contributed by atoms with E-state index in [2.05, 4.69) is 20.8 Å². The number of anilines is 1. The third kappa shape index (κ3) is 4.57. The van der Waals surface area contributed by atoms with E-state index in [1.807, 2.05) is 25.2 Å². The van der Waals surface area contributed by atoms with Gasteiger partial charge in [0.05, 0.1) is 31.6 Å². The molecule has 0 spiro atoms. The van der Waals surface area contributed by atoms with Crippen molar-refractivity contribution in [2.75, 3.05) is 38.3 Å². The van der Waals surface area contributed by atoms with Crippen LogP contribution in [0.5, 0.6) is 0 Å². The van der Waals surface area contributed by atoms with Crippen molar-refractivity contribution in [3.8, 4) is 0 Å². The molecule has 0 saturated carbocycles. The average Bonchev–Trinajstić information content (AvgIpc) is 2.34. The number of nitrogens with zero attached hydrogens (tertiary/aromatic N) is 1. The SMILES string of the molecule is C[C@H](O)c1ccc(N(C)CCOCCO)c(Br)c1. The van der Waals surface area contributed by atoms with Crippen LogP contribution in [-0.4, -0.2) is 43.6 Å². The standard InChI is InChI=1S/C13H20BrNO3/c1-10(17)11-3-4-13(12(14)9-11)15(2)5-7-18-8-6-16/h3-4,9-10,16-17H,5-8H2,1-2H3/t10-/m0/s1. The van der Waals surface area contributed by atoms with Gasteiger partial charge in [-0.15, -0.1) is 0 Å². The van der Waals surface area contributed by atoms with Crippen LogP contribution in [0.1, 0.15) is 18.6 Å². The van der Waals surface area contributed by atoms with Gasteiger partial charge in [-0.25, -0.2) is 0 Å². The number of hydrogen-bond donors (Lipinski definition) is 2. The zero-order valence-electron chi connectivity index (χ0n) is 10.8. The van der Waals surface area contributed by atoms with Crippen molar-refractivity contribution in [3.63, 3.8) is 0 Å². The maximum absolute atomic E-state index is 9.50. The summed E-state index contributed by atoms with van der Waals surface area (Å²) in [5.74, 6) is 0. The van der Waals surface area contributed by atoms with Crippen LogP contribution in [0.3, 0.4) is 0 Å². The summed E-state index contributed by atoms with van der Waals surface area (Å²) in [5.41, 5.74) is 1.93. The van der Waals surface area contributed by atoms with E-state index in [0.717, 1.165) is 22.3 Å². The highest BCUT2D eigenvalue weighted by Gasteiger charge is 2.08. The van der Waals surface area contributed by atoms with Crippen molar-refractivity contribution in [2.24, 2.45) is 0 Å². The molecule has 0 aliphatic rings. The van der Waals surface area contributed by atoms with Gasteiger partial charge < -0.3 is 19.8 Å². The predicted octanol–water partition coefficient (Wildman–Crippen LogP) is 1.95. The van der Waals surface area contributed by atoms with Crippen LogP contribution in [0.2, 0.25) is 0 Å². The van der Waals surface area contributed by atoms with Crippen LogP contribution in [-0.2, 0) is 4.74 Å². The molecule has 0 fully saturated rings. The second kappa shape index (κ2) is 7.74. The van der Waals surface area contributed by atoms with Crippen molar-refractivity contribution in [1.29, 1.82) is 0 Å². The fourth-order valence-corrected chi connectivity index (χ4v) is 2.28. The van der Waals surface area contributed by atoms with Gasteiger partial charge in [0, 0.05) is 18.1 Å². The largest absolute Gasteiger partial charge is 0.394 e. The zero-order chi connectivity index (χ0) is 13.5. The van der Waals surface area contributed by atoms with Crippen LogP contribution < -0.4 is 4.90 Å². The van der Waals surface area contributed by atoms with Crippen LogP contribution in [0, 0.1) is 0 Å². The number of likely N-dealkylation sites (N-methyl/N-ethyl adjacent to an activating group) is 1. The van der Waals surface area contributed by atoms with E-state index >= 15 is 0 Å². The number of aliphatic hydroxyl groups is 2. The van der Waals surface area contributed by atoms with E-state index in [9.17, 15) is 5.11 Å². The van der Waals surface area contributed by atoms with Gasteiger partial charge in [-0.2, -0.15) is 0 Å². The van der Waals surface area contributed by atoms with Gasteiger partial charge in [0.15, 0.2) is 0 Å². The van der Waals surface area contributed by atoms with Crippen molar-refractivity contribution < 1.29 is 14.9 Å². The fourth-order valence-electron chi connectivity index (χ4n) is 1.58. The molecule has 1 aromatic carbocycles. The van der Waals surface area contributed by atoms with Crippen LogP contribution >= 0.6 is 15.9 Å². The molecule has 18 heavy (non-hydrogen) atoms. The zero-order valence-corrected chi connectivity index (χ0v) is 12.4. The molecule has 0 radical (unpaired) electrons. The van der Waals surface area contributed by atoms with Gasteiger partial charge in [-0.1, -0.05) is 6.07 Å². The van der Waals surface area contributed by atoms with Gasteiger partial charge in [0.1, 0.15) is 0 Å². The lowest BCUT2D eigenvalue weighted by atomic mass is 10.1. The predicted molar refractivity (Wildman–Crippen MR) is 76.0 cm³/mol. The quantitative estimate of drug-likeness (QED) is 0.755. The van der Waals surface area contributed by atoms with E-state index in [4.69, 9.17) is 9.84 Å². The molecule has 0 heterocycles. The first-order chi connectivity index (χ1) is 8.56. The van der Waals surface area contributed by atoms with E-state index in [1.165, 1.54) is 0 Å². The monoisotopic (exact) mass is 317 g/mol. The van der Waals surface area contributed by atoms with Crippen molar-refractivity contribution in [1.82, 2.24) is 0 Å². The Bertz CT molecular complexity index is 371. The summed E-state index contributed by atoms with van der Waals surface area (Å²) in [6.45, 7) is 3.48. The van der Waals surface area contributed by atoms with Crippen molar-refractivity contribution in [2.45, 2.75) is 13.0 Å². The summed E-state index contributed by atoms with van der Waals surface area (Å²) in [6, 6.07) is 5.80. The molecule has 0 unspecified atom stereocenters. The lowest BCUT2D eigenvalue weighted by Gasteiger charge is -2.21. The van der Waals surface area contributed by atoms with Crippen molar-refractivity contribution >= 4 is 21.6 Å². The number of hydrogen-bond acceptors (Lipinski definition) is 4. The first-order valence-electron chi connectivity index (χ1n) is 5.93. The third-order valence-electron chi connectivity index (χ3n) is 2.67. The first-order valence-corrected chi connectivity index (χ1v) is 6.72.